The number of rotatable bonds is 3. The number of imidazole rings is 1. The van der Waals surface area contributed by atoms with Gasteiger partial charge in [0.15, 0.2) is 0 Å². The Labute approximate surface area is 93.2 Å². The SMILES string of the molecule is Cn1cc(-c2ccc(F)cc2)nc1CCO. The molecule has 0 atom stereocenters. The second kappa shape index (κ2) is 4.45. The van der Waals surface area contributed by atoms with Gasteiger partial charge in [-0.15, -0.1) is 0 Å². The maximum atomic E-state index is 12.7. The molecule has 2 rings (SSSR count). The van der Waals surface area contributed by atoms with E-state index in [1.54, 1.807) is 12.1 Å². The van der Waals surface area contributed by atoms with E-state index in [-0.39, 0.29) is 12.4 Å². The van der Waals surface area contributed by atoms with Crippen LogP contribution in [0.5, 0.6) is 0 Å². The average Bonchev–Trinajstić information content (AvgIpc) is 2.62. The van der Waals surface area contributed by atoms with Crippen LogP contribution in [-0.4, -0.2) is 21.3 Å². The van der Waals surface area contributed by atoms with Crippen LogP contribution in [0.15, 0.2) is 30.5 Å². The molecule has 0 aliphatic carbocycles. The molecule has 16 heavy (non-hydrogen) atoms. The van der Waals surface area contributed by atoms with Gasteiger partial charge < -0.3 is 9.67 Å². The number of halogens is 1. The number of benzene rings is 1. The van der Waals surface area contributed by atoms with Crippen molar-refractivity contribution in [3.63, 3.8) is 0 Å². The number of aryl methyl sites for hydroxylation is 1. The molecule has 1 aromatic heterocycles. The Hall–Kier alpha value is -1.68. The van der Waals surface area contributed by atoms with E-state index in [9.17, 15) is 4.39 Å². The molecular formula is C12H13FN2O. The van der Waals surface area contributed by atoms with Crippen molar-refractivity contribution >= 4 is 0 Å². The molecule has 3 nitrogen and oxygen atoms in total. The fourth-order valence-corrected chi connectivity index (χ4v) is 1.60. The molecule has 0 saturated heterocycles. The maximum Gasteiger partial charge on any atom is 0.123 e. The molecule has 0 fully saturated rings. The number of aromatic nitrogens is 2. The molecule has 0 aliphatic heterocycles. The van der Waals surface area contributed by atoms with Gasteiger partial charge in [-0.2, -0.15) is 0 Å². The summed E-state index contributed by atoms with van der Waals surface area (Å²) in [6.07, 6.45) is 2.40. The van der Waals surface area contributed by atoms with Gasteiger partial charge in [0.05, 0.1) is 12.3 Å². The summed E-state index contributed by atoms with van der Waals surface area (Å²) in [4.78, 5) is 4.38. The van der Waals surface area contributed by atoms with Crippen LogP contribution in [0.2, 0.25) is 0 Å². The molecule has 4 heteroatoms. The van der Waals surface area contributed by atoms with Crippen LogP contribution in [0.3, 0.4) is 0 Å². The monoisotopic (exact) mass is 220 g/mol. The minimum absolute atomic E-state index is 0.0771. The molecule has 84 valence electrons. The Morgan fingerprint density at radius 1 is 1.31 bits per heavy atom. The lowest BCUT2D eigenvalue weighted by Crippen LogP contribution is -1.99. The van der Waals surface area contributed by atoms with Crippen molar-refractivity contribution in [2.75, 3.05) is 6.61 Å². The van der Waals surface area contributed by atoms with Crippen LogP contribution < -0.4 is 0 Å². The predicted molar refractivity (Wildman–Crippen MR) is 59.4 cm³/mol. The van der Waals surface area contributed by atoms with E-state index in [2.05, 4.69) is 4.98 Å². The van der Waals surface area contributed by atoms with Gasteiger partial charge in [-0.25, -0.2) is 9.37 Å². The van der Waals surface area contributed by atoms with Gasteiger partial charge in [0.1, 0.15) is 11.6 Å². The molecule has 1 aromatic carbocycles. The number of nitrogens with zero attached hydrogens (tertiary/aromatic N) is 2. The summed E-state index contributed by atoms with van der Waals surface area (Å²) in [6.45, 7) is 0.0771. The van der Waals surface area contributed by atoms with Gasteiger partial charge in [-0.1, -0.05) is 0 Å². The highest BCUT2D eigenvalue weighted by atomic mass is 19.1. The summed E-state index contributed by atoms with van der Waals surface area (Å²) >= 11 is 0. The lowest BCUT2D eigenvalue weighted by molar-refractivity contribution is 0.295. The van der Waals surface area contributed by atoms with Crippen LogP contribution in [0.1, 0.15) is 5.82 Å². The lowest BCUT2D eigenvalue weighted by atomic mass is 10.2. The number of hydrogen-bond acceptors (Lipinski definition) is 2. The largest absolute Gasteiger partial charge is 0.396 e. The van der Waals surface area contributed by atoms with Gasteiger partial charge in [0, 0.05) is 25.2 Å². The zero-order valence-corrected chi connectivity index (χ0v) is 9.02. The Morgan fingerprint density at radius 2 is 2.00 bits per heavy atom. The summed E-state index contributed by atoms with van der Waals surface area (Å²) in [5.74, 6) is 0.567. The topological polar surface area (TPSA) is 38.0 Å². The van der Waals surface area contributed by atoms with Crippen LogP contribution in [0, 0.1) is 5.82 Å². The van der Waals surface area contributed by atoms with Crippen molar-refractivity contribution < 1.29 is 9.50 Å². The fraction of sp³-hybridized carbons (Fsp3) is 0.250. The second-order valence-electron chi connectivity index (χ2n) is 3.63. The predicted octanol–water partition coefficient (Wildman–Crippen LogP) is 1.76. The lowest BCUT2D eigenvalue weighted by Gasteiger charge is -1.95. The second-order valence-corrected chi connectivity index (χ2v) is 3.63. The molecule has 0 radical (unpaired) electrons. The van der Waals surface area contributed by atoms with E-state index in [1.165, 1.54) is 12.1 Å². The molecule has 0 spiro atoms. The highest BCUT2D eigenvalue weighted by Crippen LogP contribution is 2.18. The van der Waals surface area contributed by atoms with Gasteiger partial charge in [0.2, 0.25) is 0 Å². The Kier molecular flexibility index (Phi) is 3.01. The quantitative estimate of drug-likeness (QED) is 0.856. The first-order valence-corrected chi connectivity index (χ1v) is 5.10. The van der Waals surface area contributed by atoms with Crippen molar-refractivity contribution in [3.05, 3.63) is 42.1 Å². The third-order valence-electron chi connectivity index (χ3n) is 2.45. The van der Waals surface area contributed by atoms with E-state index >= 15 is 0 Å². The van der Waals surface area contributed by atoms with Crippen LogP contribution >= 0.6 is 0 Å². The molecule has 0 unspecified atom stereocenters. The molecular weight excluding hydrogens is 207 g/mol. The van der Waals surface area contributed by atoms with Crippen molar-refractivity contribution in [1.29, 1.82) is 0 Å². The van der Waals surface area contributed by atoms with Gasteiger partial charge in [0.25, 0.3) is 0 Å². The minimum Gasteiger partial charge on any atom is -0.396 e. The van der Waals surface area contributed by atoms with E-state index in [4.69, 9.17) is 5.11 Å². The summed E-state index contributed by atoms with van der Waals surface area (Å²) < 4.78 is 14.6. The van der Waals surface area contributed by atoms with E-state index in [0.29, 0.717) is 6.42 Å². The van der Waals surface area contributed by atoms with Crippen molar-refractivity contribution in [2.24, 2.45) is 7.05 Å². The first-order chi connectivity index (χ1) is 7.70. The zero-order chi connectivity index (χ0) is 11.5. The van der Waals surface area contributed by atoms with Gasteiger partial charge in [-0.3, -0.25) is 0 Å². The molecule has 1 N–H and O–H groups in total. The Bertz CT molecular complexity index is 476. The minimum atomic E-state index is -0.254. The molecule has 0 amide bonds. The molecule has 0 bridgehead atoms. The van der Waals surface area contributed by atoms with E-state index in [1.807, 2.05) is 17.8 Å². The molecule has 2 aromatic rings. The van der Waals surface area contributed by atoms with Crippen LogP contribution in [-0.2, 0) is 13.5 Å². The zero-order valence-electron chi connectivity index (χ0n) is 9.02. The highest BCUT2D eigenvalue weighted by Gasteiger charge is 2.06. The fourth-order valence-electron chi connectivity index (χ4n) is 1.60. The standard InChI is InChI=1S/C12H13FN2O/c1-15-8-11(14-12(15)6-7-16)9-2-4-10(13)5-3-9/h2-5,8,16H,6-7H2,1H3. The summed E-state index contributed by atoms with van der Waals surface area (Å²) in [7, 11) is 1.88. The highest BCUT2D eigenvalue weighted by molar-refractivity contribution is 5.58. The van der Waals surface area contributed by atoms with Crippen LogP contribution in [0.25, 0.3) is 11.3 Å². The average molecular weight is 220 g/mol. The molecule has 1 heterocycles. The van der Waals surface area contributed by atoms with Crippen molar-refractivity contribution in [1.82, 2.24) is 9.55 Å². The van der Waals surface area contributed by atoms with Gasteiger partial charge >= 0.3 is 0 Å². The number of aliphatic hydroxyl groups excluding tert-OH is 1. The van der Waals surface area contributed by atoms with Crippen molar-refractivity contribution in [3.8, 4) is 11.3 Å². The molecule has 0 saturated carbocycles. The number of hydrogen-bond donors (Lipinski definition) is 1. The van der Waals surface area contributed by atoms with E-state index in [0.717, 1.165) is 17.1 Å². The maximum absolute atomic E-state index is 12.7. The first-order valence-electron chi connectivity index (χ1n) is 5.10. The normalized spacial score (nSPS) is 10.7. The Balaban J connectivity index is 2.33. The van der Waals surface area contributed by atoms with E-state index < -0.39 is 0 Å². The number of aliphatic hydroxyl groups is 1. The summed E-state index contributed by atoms with van der Waals surface area (Å²) in [5, 5.41) is 8.86. The third kappa shape index (κ3) is 2.12. The third-order valence-corrected chi connectivity index (χ3v) is 2.45. The van der Waals surface area contributed by atoms with Gasteiger partial charge in [-0.05, 0) is 24.3 Å². The van der Waals surface area contributed by atoms with Crippen LogP contribution in [0.4, 0.5) is 4.39 Å². The summed E-state index contributed by atoms with van der Waals surface area (Å²) in [5.41, 5.74) is 1.67. The smallest absolute Gasteiger partial charge is 0.123 e. The summed E-state index contributed by atoms with van der Waals surface area (Å²) in [6, 6.07) is 6.21. The Morgan fingerprint density at radius 3 is 2.62 bits per heavy atom. The van der Waals surface area contributed by atoms with Crippen molar-refractivity contribution in [2.45, 2.75) is 6.42 Å². The molecule has 0 aliphatic rings. The first kappa shape index (κ1) is 10.8.